The minimum absolute atomic E-state index is 0.609. The zero-order chi connectivity index (χ0) is 7.66. The van der Waals surface area contributed by atoms with Gasteiger partial charge in [-0.1, -0.05) is 44.1 Å². The fraction of sp³-hybridized carbons (Fsp3) is 0.556. The van der Waals surface area contributed by atoms with Gasteiger partial charge in [-0.25, -0.2) is 0 Å². The zero-order valence-electron chi connectivity index (χ0n) is 6.52. The van der Waals surface area contributed by atoms with E-state index in [0.29, 0.717) is 5.88 Å². The van der Waals surface area contributed by atoms with E-state index < -0.39 is 0 Å². The second kappa shape index (κ2) is 8.77. The molecule has 0 heterocycles. The first-order chi connectivity index (χ1) is 4.91. The molecule has 0 aliphatic carbocycles. The predicted molar refractivity (Wildman–Crippen MR) is 48.5 cm³/mol. The highest BCUT2D eigenvalue weighted by atomic mass is 35.5. The summed E-state index contributed by atoms with van der Waals surface area (Å²) in [5, 5.41) is 0. The summed E-state index contributed by atoms with van der Waals surface area (Å²) in [4.78, 5) is 0. The van der Waals surface area contributed by atoms with Crippen molar-refractivity contribution in [2.75, 3.05) is 5.88 Å². The average molecular weight is 159 g/mol. The quantitative estimate of drug-likeness (QED) is 0.326. The molecule has 0 spiro atoms. The van der Waals surface area contributed by atoms with Crippen LogP contribution in [0.5, 0.6) is 0 Å². The smallest absolute Gasteiger partial charge is 0.0407 e. The third kappa shape index (κ3) is 7.77. The summed E-state index contributed by atoms with van der Waals surface area (Å²) in [6, 6.07) is 0. The van der Waals surface area contributed by atoms with Crippen molar-refractivity contribution in [2.24, 2.45) is 0 Å². The maximum Gasteiger partial charge on any atom is 0.0407 e. The van der Waals surface area contributed by atoms with Gasteiger partial charge in [0, 0.05) is 5.88 Å². The SMILES string of the molecule is CCCC/C=C\C=C\CCl. The lowest BCUT2D eigenvalue weighted by Gasteiger charge is -1.84. The Hall–Kier alpha value is -0.230. The van der Waals surface area contributed by atoms with E-state index in [1.807, 2.05) is 12.2 Å². The molecule has 0 nitrogen and oxygen atoms in total. The van der Waals surface area contributed by atoms with E-state index in [4.69, 9.17) is 11.6 Å². The van der Waals surface area contributed by atoms with Crippen molar-refractivity contribution in [3.63, 3.8) is 0 Å². The topological polar surface area (TPSA) is 0 Å². The normalized spacial score (nSPS) is 11.8. The lowest BCUT2D eigenvalue weighted by atomic mass is 10.2. The van der Waals surface area contributed by atoms with Crippen molar-refractivity contribution in [1.82, 2.24) is 0 Å². The Bertz CT molecular complexity index is 103. The molecule has 0 unspecified atom stereocenters. The largest absolute Gasteiger partial charge is 0.122 e. The molecule has 58 valence electrons. The van der Waals surface area contributed by atoms with E-state index in [9.17, 15) is 0 Å². The fourth-order valence-corrected chi connectivity index (χ4v) is 0.730. The molecule has 0 atom stereocenters. The predicted octanol–water partition coefficient (Wildman–Crippen LogP) is 3.53. The number of allylic oxidation sites excluding steroid dienone is 4. The number of hydrogen-bond donors (Lipinski definition) is 0. The van der Waals surface area contributed by atoms with Crippen LogP contribution < -0.4 is 0 Å². The molecule has 1 heteroatoms. The van der Waals surface area contributed by atoms with E-state index in [1.54, 1.807) is 0 Å². The minimum atomic E-state index is 0.609. The first-order valence-corrected chi connectivity index (χ1v) is 4.33. The van der Waals surface area contributed by atoms with Crippen LogP contribution in [0.1, 0.15) is 26.2 Å². The molecule has 0 aromatic rings. The highest BCUT2D eigenvalue weighted by Gasteiger charge is 1.74. The van der Waals surface area contributed by atoms with Crippen molar-refractivity contribution in [1.29, 1.82) is 0 Å². The standard InChI is InChI=1S/C9H15Cl/c1-2-3-4-5-6-7-8-9-10/h5-8H,2-4,9H2,1H3/b6-5-,8-7+. The van der Waals surface area contributed by atoms with Crippen LogP contribution in [0.4, 0.5) is 0 Å². The van der Waals surface area contributed by atoms with E-state index in [1.165, 1.54) is 19.3 Å². The molecule has 0 N–H and O–H groups in total. The summed E-state index contributed by atoms with van der Waals surface area (Å²) in [7, 11) is 0. The lowest BCUT2D eigenvalue weighted by molar-refractivity contribution is 0.815. The molecule has 0 saturated heterocycles. The zero-order valence-corrected chi connectivity index (χ0v) is 7.27. The number of rotatable bonds is 5. The molecule has 0 aromatic heterocycles. The van der Waals surface area contributed by atoms with Crippen LogP contribution in [-0.4, -0.2) is 5.88 Å². The van der Waals surface area contributed by atoms with Gasteiger partial charge in [0.25, 0.3) is 0 Å². The van der Waals surface area contributed by atoms with Gasteiger partial charge in [0.05, 0.1) is 0 Å². The first kappa shape index (κ1) is 9.77. The summed E-state index contributed by atoms with van der Waals surface area (Å²) < 4.78 is 0. The van der Waals surface area contributed by atoms with Crippen molar-refractivity contribution in [2.45, 2.75) is 26.2 Å². The van der Waals surface area contributed by atoms with Crippen LogP contribution in [0.25, 0.3) is 0 Å². The van der Waals surface area contributed by atoms with Gasteiger partial charge >= 0.3 is 0 Å². The molecular weight excluding hydrogens is 144 g/mol. The molecule has 0 amide bonds. The van der Waals surface area contributed by atoms with Crippen LogP contribution in [0.3, 0.4) is 0 Å². The van der Waals surface area contributed by atoms with Crippen molar-refractivity contribution in [3.8, 4) is 0 Å². The highest BCUT2D eigenvalue weighted by molar-refractivity contribution is 6.18. The molecule has 0 aliphatic heterocycles. The lowest BCUT2D eigenvalue weighted by Crippen LogP contribution is -1.65. The van der Waals surface area contributed by atoms with E-state index >= 15 is 0 Å². The van der Waals surface area contributed by atoms with Gasteiger partial charge in [0.15, 0.2) is 0 Å². The molecule has 0 fully saturated rings. The number of unbranched alkanes of at least 4 members (excludes halogenated alkanes) is 2. The van der Waals surface area contributed by atoms with Crippen molar-refractivity contribution >= 4 is 11.6 Å². The number of halogens is 1. The molecule has 0 aromatic carbocycles. The Balaban J connectivity index is 3.11. The van der Waals surface area contributed by atoms with Crippen LogP contribution in [0.2, 0.25) is 0 Å². The second-order valence-electron chi connectivity index (χ2n) is 2.15. The summed E-state index contributed by atoms with van der Waals surface area (Å²) in [6.07, 6.45) is 11.9. The number of hydrogen-bond acceptors (Lipinski definition) is 0. The van der Waals surface area contributed by atoms with Crippen LogP contribution in [-0.2, 0) is 0 Å². The Kier molecular flexibility index (Phi) is 8.57. The fourth-order valence-electron chi connectivity index (χ4n) is 0.627. The molecular formula is C9H15Cl. The first-order valence-electron chi connectivity index (χ1n) is 3.79. The Morgan fingerprint density at radius 3 is 2.50 bits per heavy atom. The average Bonchev–Trinajstić information content (AvgIpc) is 1.97. The maximum atomic E-state index is 5.42. The van der Waals surface area contributed by atoms with Crippen LogP contribution in [0.15, 0.2) is 24.3 Å². The molecule has 0 saturated carbocycles. The van der Waals surface area contributed by atoms with Crippen molar-refractivity contribution in [3.05, 3.63) is 24.3 Å². The summed E-state index contributed by atoms with van der Waals surface area (Å²) in [5.74, 6) is 0.609. The van der Waals surface area contributed by atoms with Gasteiger partial charge in [-0.15, -0.1) is 11.6 Å². The van der Waals surface area contributed by atoms with Gasteiger partial charge in [-0.2, -0.15) is 0 Å². The Morgan fingerprint density at radius 1 is 1.20 bits per heavy atom. The third-order valence-corrected chi connectivity index (χ3v) is 1.37. The van der Waals surface area contributed by atoms with Crippen LogP contribution >= 0.6 is 11.6 Å². The van der Waals surface area contributed by atoms with Gasteiger partial charge in [-0.05, 0) is 6.42 Å². The van der Waals surface area contributed by atoms with E-state index in [-0.39, 0.29) is 0 Å². The number of alkyl halides is 1. The van der Waals surface area contributed by atoms with Gasteiger partial charge in [-0.3, -0.25) is 0 Å². The molecule has 10 heavy (non-hydrogen) atoms. The second-order valence-corrected chi connectivity index (χ2v) is 2.46. The Morgan fingerprint density at radius 2 is 1.90 bits per heavy atom. The van der Waals surface area contributed by atoms with E-state index in [2.05, 4.69) is 19.1 Å². The van der Waals surface area contributed by atoms with E-state index in [0.717, 1.165) is 0 Å². The minimum Gasteiger partial charge on any atom is -0.122 e. The Labute approximate surface area is 68.6 Å². The molecule has 0 aliphatic rings. The van der Waals surface area contributed by atoms with Gasteiger partial charge in [0.2, 0.25) is 0 Å². The summed E-state index contributed by atoms with van der Waals surface area (Å²) in [6.45, 7) is 2.20. The summed E-state index contributed by atoms with van der Waals surface area (Å²) in [5.41, 5.74) is 0. The van der Waals surface area contributed by atoms with Crippen LogP contribution in [0, 0.1) is 0 Å². The van der Waals surface area contributed by atoms with Crippen molar-refractivity contribution < 1.29 is 0 Å². The van der Waals surface area contributed by atoms with Gasteiger partial charge < -0.3 is 0 Å². The summed E-state index contributed by atoms with van der Waals surface area (Å²) >= 11 is 5.42. The molecule has 0 bridgehead atoms. The monoisotopic (exact) mass is 158 g/mol. The highest BCUT2D eigenvalue weighted by Crippen LogP contribution is 1.94. The maximum absolute atomic E-state index is 5.42. The van der Waals surface area contributed by atoms with Gasteiger partial charge in [0.1, 0.15) is 0 Å². The molecule has 0 radical (unpaired) electrons. The third-order valence-electron chi connectivity index (χ3n) is 1.20. The molecule has 0 rings (SSSR count).